The molecule has 0 aromatic heterocycles. The number of hydrogen-bond acceptors (Lipinski definition) is 6. The van der Waals surface area contributed by atoms with Crippen LogP contribution in [0.4, 0.5) is 5.69 Å². The molecule has 0 unspecified atom stereocenters. The van der Waals surface area contributed by atoms with Crippen LogP contribution in [0.2, 0.25) is 0 Å². The highest BCUT2D eigenvalue weighted by atomic mass is 32.1. The van der Waals surface area contributed by atoms with Crippen molar-refractivity contribution in [3.8, 4) is 0 Å². The number of nitro benzene ring substituents is 1. The van der Waals surface area contributed by atoms with Crippen molar-refractivity contribution in [3.05, 3.63) is 51.2 Å². The van der Waals surface area contributed by atoms with E-state index in [9.17, 15) is 24.8 Å². The lowest BCUT2D eigenvalue weighted by molar-refractivity contribution is -0.384. The smallest absolute Gasteiger partial charge is 0.355 e. The molecule has 0 bridgehead atoms. The number of carbonyl (C=O) groups excluding carboxylic acids is 2. The normalized spacial score (nSPS) is 20.2. The molecule has 1 heterocycles. The molecule has 1 aliphatic heterocycles. The third kappa shape index (κ3) is 3.88. The molecule has 0 spiro atoms. The van der Waals surface area contributed by atoms with Gasteiger partial charge in [-0.1, -0.05) is 12.6 Å². The fourth-order valence-corrected chi connectivity index (χ4v) is 3.20. The number of hydrogen-bond donors (Lipinski definition) is 1. The number of non-ortho nitro benzene ring substituents is 1. The number of β-lactam (4-membered cyclic amide) rings is 1. The number of carbonyl (C=O) groups is 2. The fraction of sp³-hybridized carbons (Fsp3) is 0.412. The third-order valence-electron chi connectivity index (χ3n) is 4.03. The molecule has 1 amide bonds. The minimum absolute atomic E-state index is 0.0608. The lowest BCUT2D eigenvalue weighted by atomic mass is 9.91. The predicted octanol–water partition coefficient (Wildman–Crippen LogP) is 2.29. The Bertz CT molecular complexity index is 755. The van der Waals surface area contributed by atoms with Crippen LogP contribution in [0.1, 0.15) is 26.3 Å². The maximum atomic E-state index is 12.4. The summed E-state index contributed by atoms with van der Waals surface area (Å²) in [6.45, 7) is 4.70. The number of nitrogens with zero attached hydrogens (tertiary/aromatic N) is 2. The summed E-state index contributed by atoms with van der Waals surface area (Å²) in [5, 5.41) is 19.5. The van der Waals surface area contributed by atoms with Crippen LogP contribution in [-0.2, 0) is 20.9 Å². The van der Waals surface area contributed by atoms with E-state index >= 15 is 0 Å². The number of allylic oxidation sites excluding steroid dienone is 1. The zero-order valence-electron chi connectivity index (χ0n) is 14.5. The van der Waals surface area contributed by atoms with E-state index in [0.29, 0.717) is 11.1 Å². The molecule has 1 saturated heterocycles. The Morgan fingerprint density at radius 2 is 1.96 bits per heavy atom. The summed E-state index contributed by atoms with van der Waals surface area (Å²) in [5.74, 6) is -1.85. The Kier molecular flexibility index (Phi) is 6.04. The van der Waals surface area contributed by atoms with Crippen molar-refractivity contribution in [1.82, 2.24) is 4.90 Å². The van der Waals surface area contributed by atoms with Crippen molar-refractivity contribution in [2.45, 2.75) is 38.9 Å². The van der Waals surface area contributed by atoms with Crippen LogP contribution in [-0.4, -0.2) is 38.3 Å². The molecule has 1 aliphatic rings. The molecule has 1 aromatic rings. The second-order valence-corrected chi connectivity index (χ2v) is 6.70. The van der Waals surface area contributed by atoms with E-state index in [1.54, 1.807) is 13.8 Å². The van der Waals surface area contributed by atoms with Crippen molar-refractivity contribution < 1.29 is 24.4 Å². The Labute approximate surface area is 156 Å². The first-order valence-electron chi connectivity index (χ1n) is 7.90. The van der Waals surface area contributed by atoms with Gasteiger partial charge in [0.05, 0.1) is 16.9 Å². The molecule has 3 atom stereocenters. The van der Waals surface area contributed by atoms with Gasteiger partial charge in [-0.2, -0.15) is 0 Å². The number of nitro groups is 1. The van der Waals surface area contributed by atoms with Crippen molar-refractivity contribution in [3.63, 3.8) is 0 Å². The number of aliphatic hydroxyl groups is 1. The molecule has 2 rings (SSSR count). The van der Waals surface area contributed by atoms with Gasteiger partial charge in [0.1, 0.15) is 17.7 Å². The van der Waals surface area contributed by atoms with Gasteiger partial charge in [-0.15, -0.1) is 0 Å². The van der Waals surface area contributed by atoms with Crippen LogP contribution in [0.25, 0.3) is 0 Å². The Morgan fingerprint density at radius 1 is 1.38 bits per heavy atom. The van der Waals surface area contributed by atoms with Crippen molar-refractivity contribution in [1.29, 1.82) is 0 Å². The summed E-state index contributed by atoms with van der Waals surface area (Å²) in [6, 6.07) is 5.61. The Balaban J connectivity index is 2.07. The monoisotopic (exact) mass is 379 g/mol. The zero-order chi connectivity index (χ0) is 19.6. The number of benzene rings is 1. The molecule has 1 N–H and O–H groups in total. The van der Waals surface area contributed by atoms with Gasteiger partial charge in [-0.25, -0.2) is 4.79 Å². The molecule has 1 aromatic carbocycles. The molecular formula is C17H19N2O6S. The largest absolute Gasteiger partial charge is 0.456 e. The summed E-state index contributed by atoms with van der Waals surface area (Å²) in [6.07, 6.45) is -0.893. The standard InChI is InChI=1S/C17H19N2O6S/c1-9(2)14(18-15(21)13(10(3)20)16(18)26)17(22)25-8-11-4-6-12(7-5-11)19(23)24/h4-7,10,13,16,20H,8H2,1-3H3/t10-,13+,16-/m1/s1. The summed E-state index contributed by atoms with van der Waals surface area (Å²) in [7, 11) is 0. The number of esters is 1. The molecule has 8 nitrogen and oxygen atoms in total. The van der Waals surface area contributed by atoms with Gasteiger partial charge in [-0.3, -0.25) is 19.8 Å². The molecular weight excluding hydrogens is 360 g/mol. The van der Waals surface area contributed by atoms with Gasteiger partial charge in [-0.05, 0) is 44.0 Å². The van der Waals surface area contributed by atoms with Crippen LogP contribution >= 0.6 is 12.6 Å². The van der Waals surface area contributed by atoms with E-state index in [4.69, 9.17) is 17.4 Å². The number of ether oxygens (including phenoxy) is 1. The number of likely N-dealkylation sites (tertiary alicyclic amines) is 1. The average molecular weight is 379 g/mol. The van der Waals surface area contributed by atoms with Crippen LogP contribution in [0, 0.1) is 16.0 Å². The van der Waals surface area contributed by atoms with Gasteiger partial charge in [0.25, 0.3) is 5.69 Å². The second-order valence-electron chi connectivity index (χ2n) is 6.21. The van der Waals surface area contributed by atoms with E-state index in [2.05, 4.69) is 0 Å². The molecule has 0 saturated carbocycles. The van der Waals surface area contributed by atoms with Crippen LogP contribution < -0.4 is 0 Å². The first-order chi connectivity index (χ1) is 12.1. The minimum Gasteiger partial charge on any atom is -0.456 e. The molecule has 0 aliphatic carbocycles. The highest BCUT2D eigenvalue weighted by molar-refractivity contribution is 7.81. The number of aliphatic hydroxyl groups excluding tert-OH is 1. The lowest BCUT2D eigenvalue weighted by Crippen LogP contribution is -2.62. The first kappa shape index (κ1) is 19.9. The topological polar surface area (TPSA) is 110 Å². The second kappa shape index (κ2) is 7.88. The Morgan fingerprint density at radius 3 is 2.38 bits per heavy atom. The van der Waals surface area contributed by atoms with E-state index in [-0.39, 0.29) is 18.0 Å². The van der Waals surface area contributed by atoms with Gasteiger partial charge in [0.15, 0.2) is 0 Å². The van der Waals surface area contributed by atoms with E-state index in [1.807, 2.05) is 0 Å². The predicted molar refractivity (Wildman–Crippen MR) is 94.7 cm³/mol. The Hall–Kier alpha value is -2.39. The first-order valence-corrected chi connectivity index (χ1v) is 8.37. The highest BCUT2D eigenvalue weighted by Gasteiger charge is 2.51. The molecule has 139 valence electrons. The molecule has 26 heavy (non-hydrogen) atoms. The van der Waals surface area contributed by atoms with Crippen molar-refractivity contribution in [2.24, 2.45) is 5.92 Å². The van der Waals surface area contributed by atoms with Crippen molar-refractivity contribution in [2.75, 3.05) is 0 Å². The quantitative estimate of drug-likeness (QED) is 0.267. The van der Waals surface area contributed by atoms with E-state index < -0.39 is 34.2 Å². The van der Waals surface area contributed by atoms with E-state index in [1.165, 1.54) is 36.1 Å². The van der Waals surface area contributed by atoms with Gasteiger partial charge >= 0.3 is 5.97 Å². The van der Waals surface area contributed by atoms with E-state index in [0.717, 1.165) is 0 Å². The fourth-order valence-electron chi connectivity index (χ4n) is 2.64. The van der Waals surface area contributed by atoms with Gasteiger partial charge < -0.3 is 9.84 Å². The van der Waals surface area contributed by atoms with Gasteiger partial charge in [0, 0.05) is 12.1 Å². The van der Waals surface area contributed by atoms with Crippen LogP contribution in [0.15, 0.2) is 35.5 Å². The number of amides is 1. The molecule has 1 fully saturated rings. The number of rotatable bonds is 6. The maximum absolute atomic E-state index is 12.4. The maximum Gasteiger partial charge on any atom is 0.355 e. The summed E-state index contributed by atoms with van der Waals surface area (Å²) in [5.41, 5.74) is 1.14. The summed E-state index contributed by atoms with van der Waals surface area (Å²) >= 11 is 5.23. The summed E-state index contributed by atoms with van der Waals surface area (Å²) < 4.78 is 5.23. The molecule has 1 radical (unpaired) electrons. The van der Waals surface area contributed by atoms with Crippen LogP contribution in [0.5, 0.6) is 0 Å². The average Bonchev–Trinajstić information content (AvgIpc) is 2.57. The zero-order valence-corrected chi connectivity index (χ0v) is 15.4. The summed E-state index contributed by atoms with van der Waals surface area (Å²) in [4.78, 5) is 36.0. The van der Waals surface area contributed by atoms with Crippen molar-refractivity contribution >= 4 is 30.2 Å². The minimum atomic E-state index is -0.893. The molecule has 9 heteroatoms. The lowest BCUT2D eigenvalue weighted by Gasteiger charge is -2.45. The SMILES string of the molecule is CC(C)=C(C(=O)OCc1ccc([N+](=O)[O-])cc1)N1C(=O)[C@H]([C@@H](C)O)[C@H]1[S]. The van der Waals surface area contributed by atoms with Gasteiger partial charge in [0.2, 0.25) is 5.91 Å². The third-order valence-corrected chi connectivity index (χ3v) is 4.53. The highest BCUT2D eigenvalue weighted by Crippen LogP contribution is 2.36. The van der Waals surface area contributed by atoms with Crippen LogP contribution in [0.3, 0.4) is 0 Å².